The smallest absolute Gasteiger partial charge is 0.407 e. The Morgan fingerprint density at radius 3 is 1.85 bits per heavy atom. The molecule has 7 aromatic rings. The van der Waals surface area contributed by atoms with Gasteiger partial charge in [-0.1, -0.05) is 96.3 Å². The molecular weight excluding hydrogens is 799 g/mol. The van der Waals surface area contributed by atoms with Gasteiger partial charge >= 0.3 is 12.2 Å². The number of ether oxygens (including phenoxy) is 1. The molecule has 0 saturated carbocycles. The van der Waals surface area contributed by atoms with Crippen molar-refractivity contribution in [2.75, 3.05) is 20.2 Å². The second-order valence-electron chi connectivity index (χ2n) is 14.9. The zero-order valence-electron chi connectivity index (χ0n) is 32.9. The van der Waals surface area contributed by atoms with E-state index in [2.05, 4.69) is 30.6 Å². The second kappa shape index (κ2) is 16.7. The van der Waals surface area contributed by atoms with Gasteiger partial charge in [0.1, 0.15) is 23.7 Å². The Kier molecular flexibility index (Phi) is 10.7. The number of nitrogens with one attached hydrogen (secondary N) is 4. The zero-order chi connectivity index (χ0) is 42.0. The third-order valence-electron chi connectivity index (χ3n) is 11.1. The third kappa shape index (κ3) is 7.92. The van der Waals surface area contributed by atoms with Crippen molar-refractivity contribution in [2.24, 2.45) is 0 Å². The van der Waals surface area contributed by atoms with Gasteiger partial charge in [-0.2, -0.15) is 5.10 Å². The Labute approximate surface area is 352 Å². The van der Waals surface area contributed by atoms with Crippen LogP contribution >= 0.6 is 11.3 Å². The number of H-pyrrole nitrogens is 2. The molecule has 0 radical (unpaired) electrons. The van der Waals surface area contributed by atoms with E-state index in [1.807, 2.05) is 54.7 Å². The summed E-state index contributed by atoms with van der Waals surface area (Å²) in [5.41, 5.74) is 5.30. The number of imidazole rings is 3. The normalized spacial score (nSPS) is 17.3. The summed E-state index contributed by atoms with van der Waals surface area (Å²) in [6.45, 7) is 1.02. The van der Waals surface area contributed by atoms with Crippen LogP contribution in [0.1, 0.15) is 72.6 Å². The van der Waals surface area contributed by atoms with E-state index in [1.54, 1.807) is 63.1 Å². The molecule has 4 atom stereocenters. The van der Waals surface area contributed by atoms with Gasteiger partial charge in [-0.3, -0.25) is 9.59 Å². The van der Waals surface area contributed by atoms with E-state index < -0.39 is 24.3 Å². The van der Waals surface area contributed by atoms with Crippen molar-refractivity contribution in [3.8, 4) is 33.2 Å². The molecule has 2 aliphatic heterocycles. The van der Waals surface area contributed by atoms with E-state index in [0.717, 1.165) is 35.4 Å². The molecule has 0 bridgehead atoms. The third-order valence-corrected chi connectivity index (χ3v) is 12.1. The first-order chi connectivity index (χ1) is 29.7. The monoisotopic (exact) mass is 839 g/mol. The van der Waals surface area contributed by atoms with Crippen LogP contribution in [0.25, 0.3) is 38.2 Å². The molecule has 18 heteroatoms. The van der Waals surface area contributed by atoms with E-state index in [-0.39, 0.29) is 23.9 Å². The molecule has 1 unspecified atom stereocenters. The number of aromatic amines is 2. The van der Waals surface area contributed by atoms with Crippen LogP contribution in [0.5, 0.6) is 0 Å². The van der Waals surface area contributed by atoms with Gasteiger partial charge in [0.25, 0.3) is 11.8 Å². The minimum atomic E-state index is -1.27. The largest absolute Gasteiger partial charge is 0.465 e. The van der Waals surface area contributed by atoms with Crippen LogP contribution < -0.4 is 10.6 Å². The maximum Gasteiger partial charge on any atom is 0.407 e. The highest BCUT2D eigenvalue weighted by Gasteiger charge is 2.38. The van der Waals surface area contributed by atoms with Gasteiger partial charge in [-0.05, 0) is 42.4 Å². The molecule has 2 aliphatic rings. The lowest BCUT2D eigenvalue weighted by Gasteiger charge is -2.28. The number of rotatable bonds is 11. The first-order valence-electron chi connectivity index (χ1n) is 19.9. The van der Waals surface area contributed by atoms with Crippen LogP contribution in [0.4, 0.5) is 9.59 Å². The number of likely N-dealkylation sites (tertiary alicyclic amines) is 2. The van der Waals surface area contributed by atoms with Crippen molar-refractivity contribution in [2.45, 2.75) is 49.9 Å². The lowest BCUT2D eigenvalue weighted by atomic mass is 10.1. The molecule has 4 amide bonds. The predicted molar refractivity (Wildman–Crippen MR) is 224 cm³/mol. The summed E-state index contributed by atoms with van der Waals surface area (Å²) >= 11 is 1.41. The van der Waals surface area contributed by atoms with Crippen LogP contribution in [0, 0.1) is 0 Å². The standard InChI is InChI=1S/C43H41N11O6S/c1-60-43(59)50-35(28-12-6-3-7-13-28)40(56)53-21-9-15-33(53)37-45-23-30(47-37)38-51-54-24-31(48-41(54)61-38)26-18-16-25(17-19-26)29-22-44-36(46-29)32-14-8-20-52(32)39(55)34(49-42(57)58)27-10-4-2-5-11-27/h2-7,10-13,16-19,22-24,32-35,49H,8-9,14-15,20-21H2,1H3,(H,44,46)(H,45,47)(H,50,59)(H,57,58)/t32-,33?,34+,35+/m0/s1. The Bertz CT molecular complexity index is 2660. The Morgan fingerprint density at radius 1 is 0.754 bits per heavy atom. The first-order valence-corrected chi connectivity index (χ1v) is 20.7. The molecule has 17 nitrogen and oxygen atoms in total. The van der Waals surface area contributed by atoms with Crippen molar-refractivity contribution < 1.29 is 29.0 Å². The van der Waals surface area contributed by atoms with Gasteiger partial charge in [0.15, 0.2) is 5.01 Å². The fourth-order valence-electron chi connectivity index (χ4n) is 8.16. The highest BCUT2D eigenvalue weighted by atomic mass is 32.1. The number of methoxy groups -OCH3 is 1. The molecule has 310 valence electrons. The summed E-state index contributed by atoms with van der Waals surface area (Å²) in [7, 11) is 1.27. The van der Waals surface area contributed by atoms with Crippen molar-refractivity contribution in [3.63, 3.8) is 0 Å². The van der Waals surface area contributed by atoms with Gasteiger partial charge in [0.05, 0.1) is 54.9 Å². The number of hydrogen-bond donors (Lipinski definition) is 5. The van der Waals surface area contributed by atoms with Crippen molar-refractivity contribution >= 4 is 40.3 Å². The molecule has 5 N–H and O–H groups in total. The summed E-state index contributed by atoms with van der Waals surface area (Å²) < 4.78 is 6.56. The summed E-state index contributed by atoms with van der Waals surface area (Å²) in [5, 5.41) is 20.1. The molecule has 3 aromatic carbocycles. The average molecular weight is 840 g/mol. The summed E-state index contributed by atoms with van der Waals surface area (Å²) in [6.07, 6.45) is 6.37. The Balaban J connectivity index is 0.870. The number of hydrogen-bond acceptors (Lipinski definition) is 10. The summed E-state index contributed by atoms with van der Waals surface area (Å²) in [6, 6.07) is 23.3. The van der Waals surface area contributed by atoms with Gasteiger partial charge < -0.3 is 40.2 Å². The van der Waals surface area contributed by atoms with Crippen LogP contribution in [0.2, 0.25) is 0 Å². The molecular formula is C43H41N11O6S. The highest BCUT2D eigenvalue weighted by molar-refractivity contribution is 7.19. The molecule has 2 saturated heterocycles. The van der Waals surface area contributed by atoms with Gasteiger partial charge in [-0.15, -0.1) is 0 Å². The van der Waals surface area contributed by atoms with E-state index in [1.165, 1.54) is 18.4 Å². The average Bonchev–Trinajstić information content (AvgIpc) is 4.14. The number of nitrogens with zero attached hydrogens (tertiary/aromatic N) is 7. The molecule has 0 spiro atoms. The maximum absolute atomic E-state index is 13.9. The van der Waals surface area contributed by atoms with E-state index in [0.29, 0.717) is 64.4 Å². The minimum absolute atomic E-state index is 0.241. The van der Waals surface area contributed by atoms with Crippen LogP contribution in [0.15, 0.2) is 104 Å². The summed E-state index contributed by atoms with van der Waals surface area (Å²) in [5.74, 6) is 0.729. The number of carbonyl (C=O) groups is 4. The lowest BCUT2D eigenvalue weighted by Crippen LogP contribution is -2.42. The highest BCUT2D eigenvalue weighted by Crippen LogP contribution is 2.37. The first kappa shape index (κ1) is 39.1. The van der Waals surface area contributed by atoms with Gasteiger partial charge in [0.2, 0.25) is 4.96 Å². The fourth-order valence-corrected chi connectivity index (χ4v) is 9.01. The van der Waals surface area contributed by atoms with Gasteiger partial charge in [0, 0.05) is 18.7 Å². The molecule has 0 aliphatic carbocycles. The molecule has 9 rings (SSSR count). The second-order valence-corrected chi connectivity index (χ2v) is 15.8. The number of alkyl carbamates (subject to hydrolysis) is 1. The molecule has 61 heavy (non-hydrogen) atoms. The predicted octanol–water partition coefficient (Wildman–Crippen LogP) is 6.67. The fraction of sp³-hybridized carbons (Fsp3) is 0.256. The van der Waals surface area contributed by atoms with Crippen LogP contribution in [0.3, 0.4) is 0 Å². The zero-order valence-corrected chi connectivity index (χ0v) is 33.7. The Hall–Kier alpha value is -7.34. The van der Waals surface area contributed by atoms with Crippen LogP contribution in [-0.2, 0) is 14.3 Å². The minimum Gasteiger partial charge on any atom is -0.465 e. The molecule has 4 aromatic heterocycles. The maximum atomic E-state index is 13.9. The number of aromatic nitrogens is 7. The summed E-state index contributed by atoms with van der Waals surface area (Å²) in [4.78, 5) is 76.6. The number of carboxylic acid groups (broad SMARTS) is 1. The van der Waals surface area contributed by atoms with E-state index in [9.17, 15) is 24.3 Å². The lowest BCUT2D eigenvalue weighted by molar-refractivity contribution is -0.135. The van der Waals surface area contributed by atoms with Crippen molar-refractivity contribution in [1.29, 1.82) is 0 Å². The van der Waals surface area contributed by atoms with Gasteiger partial charge in [-0.25, -0.2) is 29.1 Å². The number of fused-ring (bicyclic) bond motifs is 1. The quantitative estimate of drug-likeness (QED) is 0.0932. The number of carbonyl (C=O) groups excluding carboxylic acids is 3. The SMILES string of the molecule is COC(=O)N[C@@H](C(=O)N1CCCC1c1ncc(-c2nn3cc(-c4ccc(-c5cnc([C@@H]6CCCN6C(=O)[C@H](NC(=O)O)c6ccccc6)[nH]5)cc4)nc3s2)[nH]1)c1ccccc1. The molecule has 6 heterocycles. The topological polar surface area (TPSA) is 216 Å². The van der Waals surface area contributed by atoms with E-state index in [4.69, 9.17) is 14.8 Å². The number of benzene rings is 3. The Morgan fingerprint density at radius 2 is 1.30 bits per heavy atom. The van der Waals surface area contributed by atoms with Crippen LogP contribution in [-0.4, -0.2) is 93.6 Å². The van der Waals surface area contributed by atoms with Crippen molar-refractivity contribution in [1.82, 2.24) is 55.0 Å². The molecule has 2 fully saturated rings. The van der Waals surface area contributed by atoms with Crippen molar-refractivity contribution in [3.05, 3.63) is 126 Å². The number of amides is 4. The van der Waals surface area contributed by atoms with E-state index >= 15 is 0 Å².